The average Bonchev–Trinajstić information content (AvgIpc) is 1.69. The van der Waals surface area contributed by atoms with Crippen LogP contribution in [0.5, 0.6) is 0 Å². The van der Waals surface area contributed by atoms with E-state index in [0.29, 0.717) is 4.32 Å². The molecule has 1 nitrogen and oxygen atoms in total. The zero-order chi connectivity index (χ0) is 6.57. The predicted molar refractivity (Wildman–Crippen MR) is 51.4 cm³/mol. The third-order valence-electron chi connectivity index (χ3n) is 1.02. The van der Waals surface area contributed by atoms with Gasteiger partial charge in [0.25, 0.3) is 0 Å². The molecule has 0 aliphatic heterocycles. The molecule has 0 aromatic carbocycles. The summed E-state index contributed by atoms with van der Waals surface area (Å²) in [7, 11) is 0. The van der Waals surface area contributed by atoms with Gasteiger partial charge < -0.3 is 29.7 Å². The summed E-state index contributed by atoms with van der Waals surface area (Å²) in [6.45, 7) is 5.95. The van der Waals surface area contributed by atoms with Gasteiger partial charge in [0.1, 0.15) is 0 Å². The first-order valence-electron chi connectivity index (χ1n) is 2.68. The Kier molecular flexibility index (Phi) is 19.8. The van der Waals surface area contributed by atoms with Crippen LogP contribution in [0.3, 0.4) is 0 Å². The van der Waals surface area contributed by atoms with Gasteiger partial charge in [0.05, 0.1) is 0 Å². The molecule has 0 aromatic rings. The number of thiocarbonyl (C=S) groups is 1. The summed E-state index contributed by atoms with van der Waals surface area (Å²) in [5.74, 6) is 0. The van der Waals surface area contributed by atoms with E-state index in [2.05, 4.69) is 0 Å². The van der Waals surface area contributed by atoms with Crippen LogP contribution in [0.1, 0.15) is 13.8 Å². The average molecular weight is 380 g/mol. The third-order valence-corrected chi connectivity index (χ3v) is 1.54. The maximum absolute atomic E-state index is 4.76. The number of rotatable bonds is 2. The molecule has 0 amide bonds. The summed E-state index contributed by atoms with van der Waals surface area (Å²) >= 11 is 9.51. The van der Waals surface area contributed by atoms with Gasteiger partial charge in [-0.15, -0.1) is 0 Å². The molecular formula is C5H12NNaPbS2. The Morgan fingerprint density at radius 3 is 1.70 bits per heavy atom. The van der Waals surface area contributed by atoms with Crippen LogP contribution in [-0.4, -0.2) is 49.6 Å². The molecule has 0 rings (SSSR count). The molecule has 0 aliphatic carbocycles. The second-order valence-electron chi connectivity index (χ2n) is 1.44. The van der Waals surface area contributed by atoms with E-state index in [9.17, 15) is 0 Å². The Bertz CT molecular complexity index is 87.7. The standard InChI is InChI=1S/C5H11NS2.Na.Pb.2H/c1-3-6(4-2)5(7)8;;;;/h3-4H2,1-2H3,(H,7,8);;;;/q;+1;;;/p-1. The van der Waals surface area contributed by atoms with E-state index < -0.39 is 0 Å². The summed E-state index contributed by atoms with van der Waals surface area (Å²) in [5, 5.41) is 0. The Morgan fingerprint density at radius 1 is 1.40 bits per heavy atom. The Balaban J connectivity index is -0.000000245. The van der Waals surface area contributed by atoms with Crippen LogP contribution in [0, 0.1) is 0 Å². The van der Waals surface area contributed by atoms with Crippen molar-refractivity contribution in [3.63, 3.8) is 0 Å². The number of nitrogens with zero attached hydrogens (tertiary/aromatic N) is 1. The van der Waals surface area contributed by atoms with E-state index in [4.69, 9.17) is 24.8 Å². The van der Waals surface area contributed by atoms with Crippen molar-refractivity contribution in [2.45, 2.75) is 13.8 Å². The molecule has 0 saturated heterocycles. The summed E-state index contributed by atoms with van der Waals surface area (Å²) in [6.07, 6.45) is 0. The maximum atomic E-state index is 4.76. The van der Waals surface area contributed by atoms with E-state index in [1.54, 1.807) is 0 Å². The first-order chi connectivity index (χ1) is 3.72. The molecule has 2 radical (unpaired) electrons. The number of hydrogen-bond acceptors (Lipinski definition) is 2. The molecule has 0 fully saturated rings. The van der Waals surface area contributed by atoms with Gasteiger partial charge >= 0.3 is 56.9 Å². The SMILES string of the molecule is CCN(CC)C(=S)[S-].[Na+].[PbH2]. The normalized spacial score (nSPS) is 7.00. The fourth-order valence-corrected chi connectivity index (χ4v) is 0.998. The first kappa shape index (κ1) is 18.0. The minimum absolute atomic E-state index is 0. The fraction of sp³-hybridized carbons (Fsp3) is 0.800. The third kappa shape index (κ3) is 8.13. The first-order valence-corrected chi connectivity index (χ1v) is 3.50. The second-order valence-corrected chi connectivity index (χ2v) is 2.47. The van der Waals surface area contributed by atoms with Crippen molar-refractivity contribution in [2.75, 3.05) is 13.1 Å². The van der Waals surface area contributed by atoms with Crippen LogP contribution in [0.4, 0.5) is 0 Å². The van der Waals surface area contributed by atoms with Crippen LogP contribution in [0.2, 0.25) is 0 Å². The van der Waals surface area contributed by atoms with Crippen LogP contribution < -0.4 is 29.6 Å². The molecule has 5 heteroatoms. The van der Waals surface area contributed by atoms with E-state index >= 15 is 0 Å². The summed E-state index contributed by atoms with van der Waals surface area (Å²) in [4.78, 5) is 1.96. The molecule has 0 N–H and O–H groups in total. The van der Waals surface area contributed by atoms with Gasteiger partial charge in [0, 0.05) is 13.1 Å². The van der Waals surface area contributed by atoms with Crippen LogP contribution in [0.25, 0.3) is 0 Å². The zero-order valence-electron chi connectivity index (χ0n) is 6.89. The fourth-order valence-electron chi connectivity index (χ4n) is 0.482. The van der Waals surface area contributed by atoms with Crippen molar-refractivity contribution in [1.82, 2.24) is 4.90 Å². The van der Waals surface area contributed by atoms with Gasteiger partial charge in [-0.3, -0.25) is 0 Å². The molecule has 0 unspecified atom stereocenters. The van der Waals surface area contributed by atoms with Gasteiger partial charge in [-0.05, 0) is 13.8 Å². The van der Waals surface area contributed by atoms with Crippen molar-refractivity contribution >= 4 is 56.5 Å². The van der Waals surface area contributed by atoms with Gasteiger partial charge in [-0.1, -0.05) is 4.32 Å². The minimum atomic E-state index is 0. The van der Waals surface area contributed by atoms with Gasteiger partial charge in [-0.25, -0.2) is 0 Å². The topological polar surface area (TPSA) is 3.24 Å². The molecular weight excluding hydrogens is 368 g/mol. The zero-order valence-corrected chi connectivity index (χ0v) is 16.0. The summed E-state index contributed by atoms with van der Waals surface area (Å²) in [5.41, 5.74) is 0. The molecule has 0 bridgehead atoms. The van der Waals surface area contributed by atoms with Gasteiger partial charge in [-0.2, -0.15) is 0 Å². The van der Waals surface area contributed by atoms with E-state index in [1.165, 1.54) is 0 Å². The predicted octanol–water partition coefficient (Wildman–Crippen LogP) is -2.75. The molecule has 0 heterocycles. The molecule has 54 valence electrons. The van der Waals surface area contributed by atoms with Gasteiger partial charge in [0.2, 0.25) is 0 Å². The van der Waals surface area contributed by atoms with Crippen molar-refractivity contribution in [2.24, 2.45) is 0 Å². The molecule has 0 atom stereocenters. The van der Waals surface area contributed by atoms with Crippen molar-refractivity contribution < 1.29 is 29.6 Å². The second kappa shape index (κ2) is 11.0. The monoisotopic (exact) mass is 381 g/mol. The van der Waals surface area contributed by atoms with Crippen LogP contribution in [0.15, 0.2) is 0 Å². The molecule has 0 spiro atoms. The van der Waals surface area contributed by atoms with E-state index in [-0.39, 0.29) is 56.9 Å². The Labute approximate surface area is 116 Å². The van der Waals surface area contributed by atoms with E-state index in [1.807, 2.05) is 18.7 Å². The van der Waals surface area contributed by atoms with E-state index in [0.717, 1.165) is 13.1 Å². The molecule has 0 saturated carbocycles. The molecule has 0 aromatic heterocycles. The summed E-state index contributed by atoms with van der Waals surface area (Å²) in [6, 6.07) is 0. The quantitative estimate of drug-likeness (QED) is 0.291. The Hall–Kier alpha value is 2.03. The summed E-state index contributed by atoms with van der Waals surface area (Å²) < 4.78 is 0.579. The van der Waals surface area contributed by atoms with Crippen molar-refractivity contribution in [1.29, 1.82) is 0 Å². The Morgan fingerprint density at radius 2 is 1.70 bits per heavy atom. The van der Waals surface area contributed by atoms with Crippen molar-refractivity contribution in [3.8, 4) is 0 Å². The molecule has 10 heavy (non-hydrogen) atoms. The van der Waals surface area contributed by atoms with Gasteiger partial charge in [0.15, 0.2) is 0 Å². The van der Waals surface area contributed by atoms with Crippen LogP contribution in [-0.2, 0) is 12.6 Å². The number of hydrogen-bond donors (Lipinski definition) is 0. The molecule has 0 aliphatic rings. The van der Waals surface area contributed by atoms with Crippen LogP contribution >= 0.6 is 12.2 Å². The van der Waals surface area contributed by atoms with Crippen molar-refractivity contribution in [3.05, 3.63) is 0 Å².